The SMILES string of the molecule is Cc1cccc(C2CC(NC3CCC(=O)N(C)C3=O)C2)c1. The van der Waals surface area contributed by atoms with E-state index in [1.807, 2.05) is 0 Å². The van der Waals surface area contributed by atoms with E-state index < -0.39 is 0 Å². The maximum Gasteiger partial charge on any atom is 0.246 e. The molecule has 0 spiro atoms. The average molecular weight is 286 g/mol. The fourth-order valence-electron chi connectivity index (χ4n) is 3.30. The van der Waals surface area contributed by atoms with Crippen LogP contribution in [0.5, 0.6) is 0 Å². The minimum absolute atomic E-state index is 0.0655. The lowest BCUT2D eigenvalue weighted by Crippen LogP contribution is -2.56. The molecule has 0 radical (unpaired) electrons. The van der Waals surface area contributed by atoms with Gasteiger partial charge < -0.3 is 5.32 Å². The van der Waals surface area contributed by atoms with Crippen molar-refractivity contribution in [2.45, 2.75) is 50.6 Å². The summed E-state index contributed by atoms with van der Waals surface area (Å²) >= 11 is 0. The van der Waals surface area contributed by atoms with Crippen LogP contribution in [0.3, 0.4) is 0 Å². The third-order valence-electron chi connectivity index (χ3n) is 4.74. The van der Waals surface area contributed by atoms with E-state index in [1.54, 1.807) is 7.05 Å². The zero-order valence-corrected chi connectivity index (χ0v) is 12.6. The number of amides is 2. The molecule has 2 aliphatic rings. The molecule has 21 heavy (non-hydrogen) atoms. The van der Waals surface area contributed by atoms with Crippen molar-refractivity contribution in [1.82, 2.24) is 10.2 Å². The van der Waals surface area contributed by atoms with E-state index in [0.29, 0.717) is 24.8 Å². The normalized spacial score (nSPS) is 29.4. The summed E-state index contributed by atoms with van der Waals surface area (Å²) in [5.74, 6) is 0.454. The van der Waals surface area contributed by atoms with Gasteiger partial charge in [0, 0.05) is 19.5 Å². The number of hydrogen-bond acceptors (Lipinski definition) is 3. The van der Waals surface area contributed by atoms with E-state index in [2.05, 4.69) is 36.5 Å². The maximum absolute atomic E-state index is 12.0. The fraction of sp³-hybridized carbons (Fsp3) is 0.529. The highest BCUT2D eigenvalue weighted by atomic mass is 16.2. The molecule has 1 saturated carbocycles. The smallest absolute Gasteiger partial charge is 0.246 e. The third kappa shape index (κ3) is 2.86. The number of aryl methyl sites for hydroxylation is 1. The zero-order chi connectivity index (χ0) is 15.0. The molecule has 3 rings (SSSR count). The van der Waals surface area contributed by atoms with Crippen LogP contribution >= 0.6 is 0 Å². The minimum Gasteiger partial charge on any atom is -0.303 e. The summed E-state index contributed by atoms with van der Waals surface area (Å²) in [5, 5.41) is 3.43. The number of nitrogens with zero attached hydrogens (tertiary/aromatic N) is 1. The molecule has 0 aromatic heterocycles. The Kier molecular flexibility index (Phi) is 3.81. The number of imide groups is 1. The van der Waals surface area contributed by atoms with Crippen molar-refractivity contribution in [3.63, 3.8) is 0 Å². The van der Waals surface area contributed by atoms with Crippen LogP contribution in [0.15, 0.2) is 24.3 Å². The van der Waals surface area contributed by atoms with Crippen LogP contribution in [0.2, 0.25) is 0 Å². The van der Waals surface area contributed by atoms with Gasteiger partial charge in [-0.05, 0) is 37.7 Å². The Balaban J connectivity index is 1.53. The number of nitrogens with one attached hydrogen (secondary N) is 1. The highest BCUT2D eigenvalue weighted by molar-refractivity contribution is 6.00. The van der Waals surface area contributed by atoms with Crippen LogP contribution < -0.4 is 5.32 Å². The van der Waals surface area contributed by atoms with Crippen molar-refractivity contribution in [3.8, 4) is 0 Å². The second-order valence-corrected chi connectivity index (χ2v) is 6.33. The van der Waals surface area contributed by atoms with Crippen LogP contribution in [0, 0.1) is 6.92 Å². The largest absolute Gasteiger partial charge is 0.303 e. The van der Waals surface area contributed by atoms with Gasteiger partial charge in [-0.25, -0.2) is 0 Å². The number of likely N-dealkylation sites (N-methyl/N-ethyl adjacent to an activating group) is 1. The van der Waals surface area contributed by atoms with E-state index in [9.17, 15) is 9.59 Å². The molecule has 1 atom stereocenters. The number of likely N-dealkylation sites (tertiary alicyclic amines) is 1. The van der Waals surface area contributed by atoms with Gasteiger partial charge in [-0.15, -0.1) is 0 Å². The molecule has 4 nitrogen and oxygen atoms in total. The predicted octanol–water partition coefficient (Wildman–Crippen LogP) is 1.98. The zero-order valence-electron chi connectivity index (χ0n) is 12.6. The first-order valence-electron chi connectivity index (χ1n) is 7.67. The molecule has 1 aromatic rings. The molecule has 2 amide bonds. The number of benzene rings is 1. The highest BCUT2D eigenvalue weighted by Gasteiger charge is 2.37. The molecule has 4 heteroatoms. The summed E-state index contributed by atoms with van der Waals surface area (Å²) in [6.45, 7) is 2.12. The molecule has 1 aromatic carbocycles. The molecule has 1 unspecified atom stereocenters. The Labute approximate surface area is 125 Å². The van der Waals surface area contributed by atoms with Gasteiger partial charge in [0.2, 0.25) is 11.8 Å². The lowest BCUT2D eigenvalue weighted by Gasteiger charge is -2.40. The molecule has 2 fully saturated rings. The van der Waals surface area contributed by atoms with Gasteiger partial charge in [-0.1, -0.05) is 29.8 Å². The van der Waals surface area contributed by atoms with Crippen molar-refractivity contribution in [3.05, 3.63) is 35.4 Å². The van der Waals surface area contributed by atoms with Gasteiger partial charge >= 0.3 is 0 Å². The number of hydrogen-bond donors (Lipinski definition) is 1. The summed E-state index contributed by atoms with van der Waals surface area (Å²) in [7, 11) is 1.58. The summed E-state index contributed by atoms with van der Waals surface area (Å²) in [6.07, 6.45) is 3.25. The molecular formula is C17H22N2O2. The Bertz CT molecular complexity index is 564. The van der Waals surface area contributed by atoms with Gasteiger partial charge in [0.15, 0.2) is 0 Å². The molecule has 112 valence electrons. The molecule has 1 aliphatic carbocycles. The van der Waals surface area contributed by atoms with E-state index in [1.165, 1.54) is 16.0 Å². The first kappa shape index (κ1) is 14.3. The third-order valence-corrected chi connectivity index (χ3v) is 4.74. The Hall–Kier alpha value is -1.68. The number of rotatable bonds is 3. The lowest BCUT2D eigenvalue weighted by atomic mass is 9.75. The van der Waals surface area contributed by atoms with Gasteiger partial charge in [0.05, 0.1) is 6.04 Å². The van der Waals surface area contributed by atoms with Crippen molar-refractivity contribution in [2.75, 3.05) is 7.05 Å². The van der Waals surface area contributed by atoms with E-state index in [4.69, 9.17) is 0 Å². The molecule has 1 N–H and O–H groups in total. The van der Waals surface area contributed by atoms with Crippen LogP contribution in [-0.2, 0) is 9.59 Å². The Morgan fingerprint density at radius 3 is 2.71 bits per heavy atom. The quantitative estimate of drug-likeness (QED) is 0.864. The first-order valence-corrected chi connectivity index (χ1v) is 7.67. The number of carbonyl (C=O) groups excluding carboxylic acids is 2. The van der Waals surface area contributed by atoms with Crippen LogP contribution in [0.1, 0.15) is 42.7 Å². The fourth-order valence-corrected chi connectivity index (χ4v) is 3.30. The Morgan fingerprint density at radius 1 is 1.24 bits per heavy atom. The monoisotopic (exact) mass is 286 g/mol. The maximum atomic E-state index is 12.0. The van der Waals surface area contributed by atoms with Gasteiger partial charge in [-0.3, -0.25) is 14.5 Å². The van der Waals surface area contributed by atoms with Gasteiger partial charge in [0.1, 0.15) is 0 Å². The molecule has 0 bridgehead atoms. The second-order valence-electron chi connectivity index (χ2n) is 6.33. The average Bonchev–Trinajstić information content (AvgIpc) is 2.42. The molecular weight excluding hydrogens is 264 g/mol. The summed E-state index contributed by atoms with van der Waals surface area (Å²) < 4.78 is 0. The molecule has 1 aliphatic heterocycles. The van der Waals surface area contributed by atoms with E-state index >= 15 is 0 Å². The van der Waals surface area contributed by atoms with Crippen molar-refractivity contribution in [1.29, 1.82) is 0 Å². The topological polar surface area (TPSA) is 49.4 Å². The van der Waals surface area contributed by atoms with Crippen molar-refractivity contribution < 1.29 is 9.59 Å². The minimum atomic E-state index is -0.184. The highest BCUT2D eigenvalue weighted by Crippen LogP contribution is 2.37. The molecule has 1 heterocycles. The van der Waals surface area contributed by atoms with Crippen molar-refractivity contribution >= 4 is 11.8 Å². The van der Waals surface area contributed by atoms with E-state index in [-0.39, 0.29) is 17.9 Å². The summed E-state index contributed by atoms with van der Waals surface area (Å²) in [4.78, 5) is 24.8. The van der Waals surface area contributed by atoms with Crippen LogP contribution in [0.4, 0.5) is 0 Å². The number of piperidine rings is 1. The summed E-state index contributed by atoms with van der Waals surface area (Å²) in [5.41, 5.74) is 2.70. The molecule has 1 saturated heterocycles. The lowest BCUT2D eigenvalue weighted by molar-refractivity contribution is -0.148. The van der Waals surface area contributed by atoms with Gasteiger partial charge in [0.25, 0.3) is 0 Å². The first-order chi connectivity index (χ1) is 10.0. The van der Waals surface area contributed by atoms with Gasteiger partial charge in [-0.2, -0.15) is 0 Å². The van der Waals surface area contributed by atoms with Crippen LogP contribution in [-0.4, -0.2) is 35.8 Å². The number of carbonyl (C=O) groups is 2. The Morgan fingerprint density at radius 2 is 2.00 bits per heavy atom. The predicted molar refractivity (Wildman–Crippen MR) is 80.9 cm³/mol. The second kappa shape index (κ2) is 5.60. The van der Waals surface area contributed by atoms with Crippen molar-refractivity contribution in [2.24, 2.45) is 0 Å². The van der Waals surface area contributed by atoms with Crippen LogP contribution in [0.25, 0.3) is 0 Å². The summed E-state index contributed by atoms with van der Waals surface area (Å²) in [6, 6.07) is 8.87. The van der Waals surface area contributed by atoms with E-state index in [0.717, 1.165) is 12.8 Å². The standard InChI is InChI=1S/C17H22N2O2/c1-11-4-3-5-12(8-11)13-9-14(10-13)18-15-6-7-16(20)19(2)17(15)21/h3-5,8,13-15,18H,6-7,9-10H2,1-2H3.